The van der Waals surface area contributed by atoms with Crippen LogP contribution in [0, 0.1) is 6.92 Å². The van der Waals surface area contributed by atoms with Gasteiger partial charge in [0, 0.05) is 16.6 Å². The van der Waals surface area contributed by atoms with Crippen LogP contribution >= 0.6 is 27.5 Å². The van der Waals surface area contributed by atoms with Crippen LogP contribution in [0.15, 0.2) is 40.9 Å². The van der Waals surface area contributed by atoms with Crippen molar-refractivity contribution in [1.82, 2.24) is 0 Å². The van der Waals surface area contributed by atoms with Crippen LogP contribution in [-0.2, 0) is 6.54 Å². The fourth-order valence-corrected chi connectivity index (χ4v) is 2.40. The highest BCUT2D eigenvalue weighted by molar-refractivity contribution is 9.10. The largest absolute Gasteiger partial charge is 0.455 e. The van der Waals surface area contributed by atoms with Crippen molar-refractivity contribution in [3.8, 4) is 11.5 Å². The van der Waals surface area contributed by atoms with Crippen LogP contribution in [0.5, 0.6) is 11.5 Å². The van der Waals surface area contributed by atoms with Gasteiger partial charge in [0.05, 0.1) is 5.02 Å². The molecule has 2 aromatic carbocycles. The minimum Gasteiger partial charge on any atom is -0.455 e. The summed E-state index contributed by atoms with van der Waals surface area (Å²) in [7, 11) is 0. The second-order valence-electron chi connectivity index (χ2n) is 3.94. The maximum atomic E-state index is 6.14. The summed E-state index contributed by atoms with van der Waals surface area (Å²) in [5, 5.41) is 0.565. The predicted molar refractivity (Wildman–Crippen MR) is 78.3 cm³/mol. The Kier molecular flexibility index (Phi) is 4.27. The highest BCUT2D eigenvalue weighted by Gasteiger charge is 2.09. The van der Waals surface area contributed by atoms with Gasteiger partial charge in [-0.15, -0.1) is 0 Å². The number of aryl methyl sites for hydroxylation is 1. The Balaban J connectivity index is 2.39. The van der Waals surface area contributed by atoms with Gasteiger partial charge in [-0.25, -0.2) is 0 Å². The van der Waals surface area contributed by atoms with Gasteiger partial charge in [0.2, 0.25) is 0 Å². The molecule has 2 aromatic rings. The lowest BCUT2D eigenvalue weighted by molar-refractivity contribution is 0.473. The van der Waals surface area contributed by atoms with E-state index in [1.165, 1.54) is 0 Å². The van der Waals surface area contributed by atoms with Gasteiger partial charge >= 0.3 is 0 Å². The van der Waals surface area contributed by atoms with Gasteiger partial charge in [0.15, 0.2) is 0 Å². The van der Waals surface area contributed by atoms with Gasteiger partial charge in [-0.05, 0) is 30.7 Å². The van der Waals surface area contributed by atoms with Crippen LogP contribution in [0.4, 0.5) is 0 Å². The molecule has 0 unspecified atom stereocenters. The van der Waals surface area contributed by atoms with Crippen molar-refractivity contribution in [2.75, 3.05) is 0 Å². The van der Waals surface area contributed by atoms with E-state index in [4.69, 9.17) is 22.1 Å². The number of ether oxygens (including phenoxy) is 1. The summed E-state index contributed by atoms with van der Waals surface area (Å²) in [4.78, 5) is 0. The molecule has 0 spiro atoms. The molecule has 0 amide bonds. The van der Waals surface area contributed by atoms with Gasteiger partial charge < -0.3 is 10.5 Å². The van der Waals surface area contributed by atoms with Crippen molar-refractivity contribution < 1.29 is 4.74 Å². The number of nitrogens with two attached hydrogens (primary N) is 1. The molecule has 0 aliphatic heterocycles. The fourth-order valence-electron chi connectivity index (χ4n) is 1.69. The average Bonchev–Trinajstić information content (AvgIpc) is 2.34. The maximum absolute atomic E-state index is 6.14. The molecule has 2 rings (SSSR count). The van der Waals surface area contributed by atoms with Crippen molar-refractivity contribution in [2.24, 2.45) is 5.73 Å². The second-order valence-corrected chi connectivity index (χ2v) is 5.27. The standard InChI is InChI=1S/C14H13BrClNO/c1-9-3-2-4-10(8-17)14(9)18-13-6-5-11(15)7-12(13)16/h2-7H,8,17H2,1H3. The topological polar surface area (TPSA) is 35.2 Å². The Bertz CT molecular complexity index is 572. The minimum absolute atomic E-state index is 0.436. The molecule has 2 nitrogen and oxygen atoms in total. The van der Waals surface area contributed by atoms with Crippen molar-refractivity contribution in [2.45, 2.75) is 13.5 Å². The molecule has 4 heteroatoms. The normalized spacial score (nSPS) is 10.4. The number of rotatable bonds is 3. The SMILES string of the molecule is Cc1cccc(CN)c1Oc1ccc(Br)cc1Cl. The lowest BCUT2D eigenvalue weighted by atomic mass is 10.1. The van der Waals surface area contributed by atoms with E-state index in [1.54, 1.807) is 6.07 Å². The van der Waals surface area contributed by atoms with Crippen LogP contribution < -0.4 is 10.5 Å². The molecule has 0 aliphatic carbocycles. The average molecular weight is 327 g/mol. The molecule has 0 saturated carbocycles. The summed E-state index contributed by atoms with van der Waals surface area (Å²) in [6.07, 6.45) is 0. The summed E-state index contributed by atoms with van der Waals surface area (Å²) in [6, 6.07) is 11.4. The zero-order valence-electron chi connectivity index (χ0n) is 9.91. The third-order valence-corrected chi connectivity index (χ3v) is 3.41. The molecule has 0 saturated heterocycles. The molecule has 0 aliphatic rings. The summed E-state index contributed by atoms with van der Waals surface area (Å²) in [5.74, 6) is 1.41. The van der Waals surface area contributed by atoms with Crippen LogP contribution in [0.1, 0.15) is 11.1 Å². The van der Waals surface area contributed by atoms with Gasteiger partial charge in [0.25, 0.3) is 0 Å². The van der Waals surface area contributed by atoms with Gasteiger partial charge in [-0.1, -0.05) is 45.7 Å². The molecular formula is C14H13BrClNO. The number of para-hydroxylation sites is 1. The first kappa shape index (κ1) is 13.4. The Morgan fingerprint density at radius 3 is 2.72 bits per heavy atom. The summed E-state index contributed by atoms with van der Waals surface area (Å²) in [6.45, 7) is 2.42. The Labute approximate surface area is 120 Å². The lowest BCUT2D eigenvalue weighted by Crippen LogP contribution is -2.01. The van der Waals surface area contributed by atoms with Crippen molar-refractivity contribution in [3.05, 3.63) is 57.0 Å². The summed E-state index contributed by atoms with van der Waals surface area (Å²) >= 11 is 9.51. The Morgan fingerprint density at radius 1 is 1.28 bits per heavy atom. The van der Waals surface area contributed by atoms with Crippen LogP contribution in [0.2, 0.25) is 5.02 Å². The number of benzene rings is 2. The van der Waals surface area contributed by atoms with E-state index < -0.39 is 0 Å². The van der Waals surface area contributed by atoms with E-state index in [0.717, 1.165) is 21.3 Å². The van der Waals surface area contributed by atoms with E-state index in [9.17, 15) is 0 Å². The molecule has 0 fully saturated rings. The summed E-state index contributed by atoms with van der Waals surface area (Å²) in [5.41, 5.74) is 7.72. The van der Waals surface area contributed by atoms with E-state index in [1.807, 2.05) is 37.3 Å². The molecular weight excluding hydrogens is 314 g/mol. The van der Waals surface area contributed by atoms with Crippen molar-refractivity contribution in [1.29, 1.82) is 0 Å². The van der Waals surface area contributed by atoms with E-state index in [0.29, 0.717) is 17.3 Å². The van der Waals surface area contributed by atoms with Crippen LogP contribution in [0.25, 0.3) is 0 Å². The van der Waals surface area contributed by atoms with E-state index in [2.05, 4.69) is 15.9 Å². The monoisotopic (exact) mass is 325 g/mol. The highest BCUT2D eigenvalue weighted by atomic mass is 79.9. The van der Waals surface area contributed by atoms with Crippen LogP contribution in [-0.4, -0.2) is 0 Å². The number of hydrogen-bond acceptors (Lipinski definition) is 2. The van der Waals surface area contributed by atoms with Crippen molar-refractivity contribution >= 4 is 27.5 Å². The molecule has 94 valence electrons. The maximum Gasteiger partial charge on any atom is 0.146 e. The molecule has 0 bridgehead atoms. The first-order valence-corrected chi connectivity index (χ1v) is 6.70. The molecule has 2 N–H and O–H groups in total. The Hall–Kier alpha value is -1.03. The van der Waals surface area contributed by atoms with Gasteiger partial charge in [-0.3, -0.25) is 0 Å². The zero-order chi connectivity index (χ0) is 13.1. The molecule has 0 atom stereocenters. The van der Waals surface area contributed by atoms with Gasteiger partial charge in [-0.2, -0.15) is 0 Å². The smallest absolute Gasteiger partial charge is 0.146 e. The Morgan fingerprint density at radius 2 is 2.06 bits per heavy atom. The molecule has 0 radical (unpaired) electrons. The van der Waals surface area contributed by atoms with Crippen LogP contribution in [0.3, 0.4) is 0 Å². The first-order chi connectivity index (χ1) is 8.61. The van der Waals surface area contributed by atoms with Gasteiger partial charge in [0.1, 0.15) is 11.5 Å². The lowest BCUT2D eigenvalue weighted by Gasteiger charge is -2.13. The highest BCUT2D eigenvalue weighted by Crippen LogP contribution is 2.34. The minimum atomic E-state index is 0.436. The first-order valence-electron chi connectivity index (χ1n) is 5.53. The third-order valence-electron chi connectivity index (χ3n) is 2.62. The molecule has 0 heterocycles. The second kappa shape index (κ2) is 5.74. The fraction of sp³-hybridized carbons (Fsp3) is 0.143. The zero-order valence-corrected chi connectivity index (χ0v) is 12.3. The quantitative estimate of drug-likeness (QED) is 0.890. The molecule has 18 heavy (non-hydrogen) atoms. The van der Waals surface area contributed by atoms with E-state index >= 15 is 0 Å². The number of halogens is 2. The number of hydrogen-bond donors (Lipinski definition) is 1. The van der Waals surface area contributed by atoms with E-state index in [-0.39, 0.29) is 0 Å². The summed E-state index contributed by atoms with van der Waals surface area (Å²) < 4.78 is 6.80. The predicted octanol–water partition coefficient (Wildman–Crippen LogP) is 4.66. The third kappa shape index (κ3) is 2.86. The molecule has 0 aromatic heterocycles. The van der Waals surface area contributed by atoms with Crippen molar-refractivity contribution in [3.63, 3.8) is 0 Å².